The number of aromatic nitrogens is 2. The van der Waals surface area contributed by atoms with Crippen LogP contribution in [0.15, 0.2) is 22.7 Å². The fraction of sp³-hybridized carbons (Fsp3) is 0.385. The van der Waals surface area contributed by atoms with Crippen LogP contribution in [0.3, 0.4) is 0 Å². The van der Waals surface area contributed by atoms with Crippen molar-refractivity contribution in [2.75, 3.05) is 0 Å². The molecule has 0 amide bonds. The van der Waals surface area contributed by atoms with Crippen LogP contribution >= 0.6 is 23.2 Å². The van der Waals surface area contributed by atoms with Crippen molar-refractivity contribution in [3.63, 3.8) is 0 Å². The maximum absolute atomic E-state index is 6.21. The lowest BCUT2D eigenvalue weighted by molar-refractivity contribution is 0.383. The molecule has 0 fully saturated rings. The topological polar surface area (TPSA) is 51.0 Å². The summed E-state index contributed by atoms with van der Waals surface area (Å²) >= 11 is 12.1. The van der Waals surface area contributed by atoms with E-state index in [0.29, 0.717) is 28.3 Å². The summed E-state index contributed by atoms with van der Waals surface area (Å²) in [7, 11) is 0. The van der Waals surface area contributed by atoms with E-state index in [4.69, 9.17) is 27.7 Å². The minimum Gasteiger partial charge on any atom is -0.340 e. The molecule has 0 radical (unpaired) electrons. The predicted octanol–water partition coefficient (Wildman–Crippen LogP) is 3.93. The van der Waals surface area contributed by atoms with Crippen LogP contribution in [0.2, 0.25) is 10.0 Å². The molecule has 0 spiro atoms. The number of rotatable bonds is 5. The summed E-state index contributed by atoms with van der Waals surface area (Å²) in [6.45, 7) is 4.39. The Balaban J connectivity index is 2.07. The van der Waals surface area contributed by atoms with Crippen molar-refractivity contribution in [1.82, 2.24) is 15.5 Å². The Morgan fingerprint density at radius 3 is 2.74 bits per heavy atom. The molecule has 0 aliphatic heterocycles. The van der Waals surface area contributed by atoms with E-state index in [0.717, 1.165) is 12.0 Å². The molecule has 2 aromatic rings. The van der Waals surface area contributed by atoms with Gasteiger partial charge in [-0.15, -0.1) is 0 Å². The highest BCUT2D eigenvalue weighted by Crippen LogP contribution is 2.28. The van der Waals surface area contributed by atoms with Crippen molar-refractivity contribution in [3.05, 3.63) is 45.5 Å². The van der Waals surface area contributed by atoms with Gasteiger partial charge in [0.15, 0.2) is 5.82 Å². The number of halogens is 2. The number of hydrogen-bond acceptors (Lipinski definition) is 4. The molecule has 1 aromatic heterocycles. The van der Waals surface area contributed by atoms with Gasteiger partial charge in [-0.1, -0.05) is 41.3 Å². The van der Waals surface area contributed by atoms with E-state index in [-0.39, 0.29) is 6.04 Å². The Bertz CT molecular complexity index is 557. The van der Waals surface area contributed by atoms with Crippen LogP contribution in [0, 0.1) is 6.92 Å². The first-order valence-electron chi connectivity index (χ1n) is 6.07. The molecule has 0 aliphatic carbocycles. The molecule has 1 aromatic carbocycles. The highest BCUT2D eigenvalue weighted by Gasteiger charge is 2.14. The number of nitrogens with zero attached hydrogens (tertiary/aromatic N) is 2. The van der Waals surface area contributed by atoms with E-state index >= 15 is 0 Å². The quantitative estimate of drug-likeness (QED) is 0.909. The maximum Gasteiger partial charge on any atom is 0.223 e. The molecule has 1 unspecified atom stereocenters. The van der Waals surface area contributed by atoms with E-state index < -0.39 is 0 Å². The Hall–Kier alpha value is -1.10. The normalized spacial score (nSPS) is 12.6. The third-order valence-electron chi connectivity index (χ3n) is 2.82. The summed E-state index contributed by atoms with van der Waals surface area (Å²) in [6, 6.07) is 5.66. The minimum absolute atomic E-state index is 0.128. The van der Waals surface area contributed by atoms with Crippen LogP contribution in [0.5, 0.6) is 0 Å². The molecular formula is C13H15Cl2N3O. The van der Waals surface area contributed by atoms with Gasteiger partial charge in [-0.3, -0.25) is 0 Å². The summed E-state index contributed by atoms with van der Waals surface area (Å²) < 4.78 is 4.93. The average Bonchev–Trinajstić information content (AvgIpc) is 2.78. The van der Waals surface area contributed by atoms with Crippen LogP contribution < -0.4 is 5.32 Å². The van der Waals surface area contributed by atoms with E-state index in [2.05, 4.69) is 22.4 Å². The van der Waals surface area contributed by atoms with Crippen molar-refractivity contribution in [2.24, 2.45) is 0 Å². The molecule has 4 nitrogen and oxygen atoms in total. The van der Waals surface area contributed by atoms with Crippen LogP contribution in [0.25, 0.3) is 0 Å². The Morgan fingerprint density at radius 1 is 1.37 bits per heavy atom. The molecule has 1 N–H and O–H groups in total. The van der Waals surface area contributed by atoms with Crippen LogP contribution in [0.1, 0.15) is 36.7 Å². The van der Waals surface area contributed by atoms with E-state index in [1.54, 1.807) is 13.0 Å². The smallest absolute Gasteiger partial charge is 0.223 e. The summed E-state index contributed by atoms with van der Waals surface area (Å²) in [5.41, 5.74) is 1.02. The second-order valence-corrected chi connectivity index (χ2v) is 5.08. The number of aryl methyl sites for hydroxylation is 1. The first kappa shape index (κ1) is 14.3. The van der Waals surface area contributed by atoms with Gasteiger partial charge in [-0.05, 0) is 24.1 Å². The molecule has 0 saturated carbocycles. The number of nitrogens with one attached hydrogen (secondary N) is 1. The van der Waals surface area contributed by atoms with Gasteiger partial charge >= 0.3 is 0 Å². The molecule has 102 valence electrons. The van der Waals surface area contributed by atoms with Crippen LogP contribution in [-0.2, 0) is 6.54 Å². The van der Waals surface area contributed by atoms with E-state index in [1.165, 1.54) is 0 Å². The standard InChI is InChI=1S/C13H15Cl2N3O/c1-3-12(10-5-4-9(14)6-11(10)15)16-7-13-17-8(2)19-18-13/h4-6,12,16H,3,7H2,1-2H3. The lowest BCUT2D eigenvalue weighted by Crippen LogP contribution is -2.21. The maximum atomic E-state index is 6.21. The van der Waals surface area contributed by atoms with Gasteiger partial charge in [-0.25, -0.2) is 0 Å². The SMILES string of the molecule is CCC(NCc1noc(C)n1)c1ccc(Cl)cc1Cl. The lowest BCUT2D eigenvalue weighted by Gasteiger charge is -2.17. The number of benzene rings is 1. The molecule has 0 aliphatic rings. The first-order chi connectivity index (χ1) is 9.10. The second kappa shape index (κ2) is 6.37. The van der Waals surface area contributed by atoms with Gasteiger partial charge in [0, 0.05) is 23.0 Å². The zero-order chi connectivity index (χ0) is 13.8. The van der Waals surface area contributed by atoms with Crippen LogP contribution in [-0.4, -0.2) is 10.1 Å². The van der Waals surface area contributed by atoms with Gasteiger partial charge in [0.05, 0.1) is 6.54 Å². The number of hydrogen-bond donors (Lipinski definition) is 1. The van der Waals surface area contributed by atoms with Gasteiger partial charge in [0.25, 0.3) is 0 Å². The average molecular weight is 300 g/mol. The highest BCUT2D eigenvalue weighted by molar-refractivity contribution is 6.35. The third-order valence-corrected chi connectivity index (χ3v) is 3.38. The molecule has 6 heteroatoms. The monoisotopic (exact) mass is 299 g/mol. The molecule has 0 saturated heterocycles. The van der Waals surface area contributed by atoms with Crippen molar-refractivity contribution < 1.29 is 4.52 Å². The van der Waals surface area contributed by atoms with Crippen LogP contribution in [0.4, 0.5) is 0 Å². The van der Waals surface area contributed by atoms with E-state index in [1.807, 2.05) is 12.1 Å². The van der Waals surface area contributed by atoms with Gasteiger partial charge in [0.1, 0.15) is 0 Å². The molecule has 1 heterocycles. The van der Waals surface area contributed by atoms with Gasteiger partial charge < -0.3 is 9.84 Å². The fourth-order valence-electron chi connectivity index (χ4n) is 1.89. The molecule has 2 rings (SSSR count). The van der Waals surface area contributed by atoms with Crippen molar-refractivity contribution in [1.29, 1.82) is 0 Å². The van der Waals surface area contributed by atoms with E-state index in [9.17, 15) is 0 Å². The van der Waals surface area contributed by atoms with Gasteiger partial charge in [0.2, 0.25) is 5.89 Å². The third kappa shape index (κ3) is 3.69. The van der Waals surface area contributed by atoms with Crippen molar-refractivity contribution in [3.8, 4) is 0 Å². The fourth-order valence-corrected chi connectivity index (χ4v) is 2.43. The largest absolute Gasteiger partial charge is 0.340 e. The summed E-state index contributed by atoms with van der Waals surface area (Å²) in [6.07, 6.45) is 0.901. The molecular weight excluding hydrogens is 285 g/mol. The summed E-state index contributed by atoms with van der Waals surface area (Å²) in [5, 5.41) is 8.51. The summed E-state index contributed by atoms with van der Waals surface area (Å²) in [4.78, 5) is 4.15. The summed E-state index contributed by atoms with van der Waals surface area (Å²) in [5.74, 6) is 1.20. The Kier molecular flexibility index (Phi) is 4.80. The lowest BCUT2D eigenvalue weighted by atomic mass is 10.0. The van der Waals surface area contributed by atoms with Gasteiger partial charge in [-0.2, -0.15) is 4.98 Å². The molecule has 0 bridgehead atoms. The van der Waals surface area contributed by atoms with Crippen molar-refractivity contribution >= 4 is 23.2 Å². The predicted molar refractivity (Wildman–Crippen MR) is 75.4 cm³/mol. The molecule has 19 heavy (non-hydrogen) atoms. The highest BCUT2D eigenvalue weighted by atomic mass is 35.5. The Labute approximate surface area is 122 Å². The second-order valence-electron chi connectivity index (χ2n) is 4.24. The zero-order valence-corrected chi connectivity index (χ0v) is 12.3. The zero-order valence-electron chi connectivity index (χ0n) is 10.8. The first-order valence-corrected chi connectivity index (χ1v) is 6.83. The Morgan fingerprint density at radius 2 is 2.16 bits per heavy atom. The van der Waals surface area contributed by atoms with Crippen molar-refractivity contribution in [2.45, 2.75) is 32.9 Å². The minimum atomic E-state index is 0.128. The molecule has 1 atom stereocenters.